The molecule has 0 fully saturated rings. The normalized spacial score (nSPS) is 12.4. The van der Waals surface area contributed by atoms with Crippen molar-refractivity contribution in [2.45, 2.75) is 0 Å². The highest BCUT2D eigenvalue weighted by Gasteiger charge is 2.31. The Labute approximate surface area is 742 Å². The van der Waals surface area contributed by atoms with Crippen LogP contribution in [-0.4, -0.2) is 61.4 Å². The third-order valence-electron chi connectivity index (χ3n) is 27.9. The largest absolute Gasteiger partial charge is 0.309 e. The third kappa shape index (κ3) is 9.60. The minimum Gasteiger partial charge on any atom is -0.309 e. The lowest BCUT2D eigenvalue weighted by Crippen LogP contribution is -1.96. The molecule has 19 aromatic carbocycles. The fourth-order valence-corrected chi connectivity index (χ4v) is 22.7. The van der Waals surface area contributed by atoms with E-state index in [1.165, 1.54) is 164 Å². The Hall–Kier alpha value is -17.9. The molecule has 604 valence electrons. The lowest BCUT2D eigenvalue weighted by molar-refractivity contribution is 1.15. The molecule has 0 aliphatic carbocycles. The van der Waals surface area contributed by atoms with Gasteiger partial charge in [0.2, 0.25) is 0 Å². The summed E-state index contributed by atoms with van der Waals surface area (Å²) in [4.78, 5) is 31.0. The van der Waals surface area contributed by atoms with E-state index in [4.69, 9.17) is 29.9 Å². The van der Waals surface area contributed by atoms with Crippen LogP contribution in [0.3, 0.4) is 0 Å². The Balaban J connectivity index is 0.0000000951. The van der Waals surface area contributed by atoms with Gasteiger partial charge in [0.25, 0.3) is 0 Å². The zero-order valence-corrected chi connectivity index (χ0v) is 70.0. The van der Waals surface area contributed by atoms with Crippen LogP contribution < -0.4 is 0 Å². The van der Waals surface area contributed by atoms with Crippen LogP contribution in [0, 0.1) is 0 Å². The van der Waals surface area contributed by atoms with E-state index in [1.807, 2.05) is 48.5 Å². The number of benzene rings is 19. The minimum atomic E-state index is 0.903. The molecule has 0 amide bonds. The highest BCUT2D eigenvalue weighted by molar-refractivity contribution is 6.39. The molecule has 13 heterocycles. The van der Waals surface area contributed by atoms with Gasteiger partial charge >= 0.3 is 0 Å². The molecule has 0 saturated carbocycles. The van der Waals surface area contributed by atoms with E-state index in [0.717, 1.165) is 117 Å². The van der Waals surface area contributed by atoms with Crippen molar-refractivity contribution >= 4 is 246 Å². The van der Waals surface area contributed by atoms with Crippen molar-refractivity contribution in [1.82, 2.24) is 61.4 Å². The first-order valence-corrected chi connectivity index (χ1v) is 44.6. The summed E-state index contributed by atoms with van der Waals surface area (Å²) in [5.74, 6) is 0. The van der Waals surface area contributed by atoms with Crippen molar-refractivity contribution in [1.29, 1.82) is 0 Å². The molecule has 13 nitrogen and oxygen atoms in total. The molecule has 0 saturated heterocycles. The molecule has 0 atom stereocenters. The first kappa shape index (κ1) is 70.4. The summed E-state index contributed by atoms with van der Waals surface area (Å²) < 4.78 is 16.7. The second kappa shape index (κ2) is 26.3. The molecule has 32 rings (SSSR count). The summed E-state index contributed by atoms with van der Waals surface area (Å²) in [6, 6.07) is 145. The number of rotatable bonds is 5. The summed E-state index contributed by atoms with van der Waals surface area (Å²) in [5, 5.41) is 23.5. The summed E-state index contributed by atoms with van der Waals surface area (Å²) >= 11 is 0. The maximum atomic E-state index is 5.21. The molecule has 0 N–H and O–H groups in total. The van der Waals surface area contributed by atoms with Gasteiger partial charge < -0.3 is 18.3 Å². The van der Waals surface area contributed by atoms with Crippen molar-refractivity contribution in [3.05, 3.63) is 406 Å². The molecular weight excluding hydrogens is 1600 g/mol. The smallest absolute Gasteiger partial charge is 0.165 e. The van der Waals surface area contributed by atoms with E-state index in [1.54, 1.807) is 0 Å². The van der Waals surface area contributed by atoms with Gasteiger partial charge in [-0.1, -0.05) is 243 Å². The summed E-state index contributed by atoms with van der Waals surface area (Å²) in [7, 11) is 0. The summed E-state index contributed by atoms with van der Waals surface area (Å²) in [6.45, 7) is 0. The van der Waals surface area contributed by atoms with Gasteiger partial charge in [-0.3, -0.25) is 13.2 Å². The van der Waals surface area contributed by atoms with Crippen LogP contribution in [0.4, 0.5) is 0 Å². The van der Waals surface area contributed by atoms with Gasteiger partial charge in [-0.05, 0) is 186 Å². The van der Waals surface area contributed by atoms with Gasteiger partial charge in [0.1, 0.15) is 16.6 Å². The lowest BCUT2D eigenvalue weighted by Gasteiger charge is -2.11. The molecule has 0 spiro atoms. The first-order valence-electron chi connectivity index (χ1n) is 44.6. The molecule has 0 radical (unpaired) electrons. The Morgan fingerprint density at radius 3 is 0.992 bits per heavy atom. The van der Waals surface area contributed by atoms with E-state index in [2.05, 4.69) is 389 Å². The summed E-state index contributed by atoms with van der Waals surface area (Å²) in [6.07, 6.45) is 0. The molecule has 0 unspecified atom stereocenters. The van der Waals surface area contributed by atoms with Gasteiger partial charge in [0, 0.05) is 114 Å². The van der Waals surface area contributed by atoms with E-state index in [-0.39, 0.29) is 0 Å². The van der Waals surface area contributed by atoms with Crippen molar-refractivity contribution in [3.8, 4) is 33.9 Å². The third-order valence-corrected chi connectivity index (χ3v) is 27.9. The van der Waals surface area contributed by atoms with Gasteiger partial charge in [-0.25, -0.2) is 29.9 Å². The monoisotopic (exact) mass is 1670 g/mol. The van der Waals surface area contributed by atoms with Crippen molar-refractivity contribution in [2.75, 3.05) is 0 Å². The molecule has 13 heteroatoms. The van der Waals surface area contributed by atoms with Crippen LogP contribution in [0.25, 0.3) is 280 Å². The highest BCUT2D eigenvalue weighted by atomic mass is 15.1. The lowest BCUT2D eigenvalue weighted by atomic mass is 9.99. The van der Waals surface area contributed by atoms with Crippen LogP contribution in [0.5, 0.6) is 0 Å². The average molecular weight is 1670 g/mol. The predicted octanol–water partition coefficient (Wildman–Crippen LogP) is 29.5. The van der Waals surface area contributed by atoms with E-state index in [9.17, 15) is 0 Å². The molecular formula is C118H67N13. The molecule has 131 heavy (non-hydrogen) atoms. The zero-order valence-electron chi connectivity index (χ0n) is 70.0. The summed E-state index contributed by atoms with van der Waals surface area (Å²) in [5.41, 5.74) is 34.7. The van der Waals surface area contributed by atoms with Gasteiger partial charge in [-0.15, -0.1) is 0 Å². The predicted molar refractivity (Wildman–Crippen MR) is 543 cm³/mol. The topological polar surface area (TPSA) is 110 Å². The van der Waals surface area contributed by atoms with Crippen LogP contribution in [0.15, 0.2) is 406 Å². The van der Waals surface area contributed by atoms with Crippen LogP contribution in [0.1, 0.15) is 0 Å². The first-order chi connectivity index (χ1) is 65.0. The zero-order chi connectivity index (χ0) is 85.1. The van der Waals surface area contributed by atoms with Crippen molar-refractivity contribution in [3.63, 3.8) is 0 Å². The SMILES string of the molecule is c1ccc(-c2cc3c4nc5ccccc5nc4n4c5ccc6c(c7ccccc7n6-c6ccccc6)c5c(c2)c34)cc1.c1ccc(-n2c3ccccc3c3c4c5c6ccccc6cc6c7nc8ccccc8nc7n(c4ccc32)c65)cc1.c1ccc(-n2c3ccccc3c3ccc(-n4c5ccccc5c5c6c7cccc8c9nc%10ccccc%10nc9n(c6ccc54)c87)cc32)cc1. The van der Waals surface area contributed by atoms with Crippen LogP contribution in [0.2, 0.25) is 0 Å². The number of aromatic nitrogens is 13. The van der Waals surface area contributed by atoms with Crippen LogP contribution in [-0.2, 0) is 0 Å². The van der Waals surface area contributed by atoms with E-state index >= 15 is 0 Å². The maximum Gasteiger partial charge on any atom is 0.165 e. The van der Waals surface area contributed by atoms with E-state index in [0.29, 0.717) is 0 Å². The van der Waals surface area contributed by atoms with Crippen molar-refractivity contribution in [2.24, 2.45) is 0 Å². The molecule has 13 aromatic heterocycles. The quantitative estimate of drug-likeness (QED) is 0.170. The fourth-order valence-electron chi connectivity index (χ4n) is 22.7. The number of para-hydroxylation sites is 14. The Morgan fingerprint density at radius 2 is 0.481 bits per heavy atom. The van der Waals surface area contributed by atoms with E-state index < -0.39 is 0 Å². The minimum absolute atomic E-state index is 0.903. The standard InChI is InChI=1S/C44H25N5.C38H22N4.C36H20N4/c1-2-11-26(12-3-1)47-35-19-8-4-13-28(35)29-22-21-27(25-39(29)47)48-36-20-9-5-14-30(36)40-37(48)23-24-38-41(40)31-15-10-16-32-42-44(49(38)43(31)32)46-34-18-7-6-17-33(34)45-42;1-3-11-23(12-4-1)24-21-27-35-33(42-37(27)28(22-24)36-38(42)40-30-17-9-8-16-29(30)39-36)20-19-32-34(35)26-15-7-10-18-31(26)41(32)25-13-5-2-6-14-25;1-2-11-22(12-3-1)39-28-17-9-6-14-24(28)31-29(39)18-19-30-33(31)32-23-13-5-4-10-21(23)20-25-34-36(40(30)35(25)32)38-27-16-8-7-15-26(27)37-34/h1-25H;1-22H;1-20H. The van der Waals surface area contributed by atoms with Crippen molar-refractivity contribution < 1.29 is 0 Å². The second-order valence-electron chi connectivity index (χ2n) is 34.7. The van der Waals surface area contributed by atoms with Gasteiger partial charge in [-0.2, -0.15) is 0 Å². The van der Waals surface area contributed by atoms with Gasteiger partial charge in [0.15, 0.2) is 16.9 Å². The number of fused-ring (bicyclic) bond motifs is 38. The molecule has 0 bridgehead atoms. The number of hydrogen-bond donors (Lipinski definition) is 0. The molecule has 0 aliphatic heterocycles. The molecule has 0 aliphatic rings. The Bertz CT molecular complexity index is 10500. The average Bonchev–Trinajstić information content (AvgIpc) is 1.52. The van der Waals surface area contributed by atoms with Crippen LogP contribution >= 0.6 is 0 Å². The van der Waals surface area contributed by atoms with Gasteiger partial charge in [0.05, 0.1) is 110 Å². The molecule has 32 aromatic rings. The fraction of sp³-hybridized carbons (Fsp3) is 0. The maximum absolute atomic E-state index is 5.21. The second-order valence-corrected chi connectivity index (χ2v) is 34.7. The Morgan fingerprint density at radius 1 is 0.153 bits per heavy atom. The number of nitrogens with zero attached hydrogens (tertiary/aromatic N) is 13. The number of hydrogen-bond acceptors (Lipinski definition) is 6. The highest BCUT2D eigenvalue weighted by Crippen LogP contribution is 2.52. The Kier molecular flexibility index (Phi) is 14.1.